The zero-order chi connectivity index (χ0) is 15.0. The van der Waals surface area contributed by atoms with Gasteiger partial charge in [0.2, 0.25) is 0 Å². The summed E-state index contributed by atoms with van der Waals surface area (Å²) >= 11 is 12.0. The minimum Gasteiger partial charge on any atom is -0.396 e. The molecule has 0 aromatic heterocycles. The molecule has 2 aliphatic rings. The van der Waals surface area contributed by atoms with Gasteiger partial charge in [0.05, 0.1) is 15.7 Å². The van der Waals surface area contributed by atoms with Crippen LogP contribution in [0, 0.1) is 5.41 Å². The average Bonchev–Trinajstić information content (AvgIpc) is 2.92. The van der Waals surface area contributed by atoms with E-state index in [-0.39, 0.29) is 5.91 Å². The summed E-state index contributed by atoms with van der Waals surface area (Å²) in [6.07, 6.45) is 7.59. The molecule has 1 saturated heterocycles. The molecule has 2 N–H and O–H groups in total. The van der Waals surface area contributed by atoms with Crippen molar-refractivity contribution in [1.82, 2.24) is 4.90 Å². The van der Waals surface area contributed by atoms with Crippen LogP contribution in [0.3, 0.4) is 0 Å². The lowest BCUT2D eigenvalue weighted by molar-refractivity contribution is 0.0587. The first-order valence-electron chi connectivity index (χ1n) is 7.55. The standard InChI is InChI=1S/C16H20Cl2N2O/c17-12-9-11(10-13(18)14(12)19)15(21)20-7-5-16(6-8-20)3-1-2-4-16/h9-10H,1-8,19H2. The first-order valence-corrected chi connectivity index (χ1v) is 8.30. The molecule has 1 aromatic rings. The molecule has 21 heavy (non-hydrogen) atoms. The quantitative estimate of drug-likeness (QED) is 0.779. The van der Waals surface area contributed by atoms with E-state index in [0.717, 1.165) is 25.9 Å². The van der Waals surface area contributed by atoms with Crippen LogP contribution in [0.4, 0.5) is 5.69 Å². The van der Waals surface area contributed by atoms with E-state index in [4.69, 9.17) is 28.9 Å². The summed E-state index contributed by atoms with van der Waals surface area (Å²) < 4.78 is 0. The Bertz CT molecular complexity index is 534. The Morgan fingerprint density at radius 3 is 2.10 bits per heavy atom. The maximum atomic E-state index is 12.6. The lowest BCUT2D eigenvalue weighted by Gasteiger charge is -2.39. The third-order valence-electron chi connectivity index (χ3n) is 5.10. The summed E-state index contributed by atoms with van der Waals surface area (Å²) in [5.41, 5.74) is 7.09. The molecule has 1 heterocycles. The molecule has 2 fully saturated rings. The molecule has 1 saturated carbocycles. The second kappa shape index (κ2) is 5.69. The summed E-state index contributed by atoms with van der Waals surface area (Å²) in [5, 5.41) is 0.685. The third-order valence-corrected chi connectivity index (χ3v) is 5.73. The van der Waals surface area contributed by atoms with Crippen LogP contribution in [0.15, 0.2) is 12.1 Å². The van der Waals surface area contributed by atoms with Crippen LogP contribution in [0.2, 0.25) is 10.0 Å². The van der Waals surface area contributed by atoms with Gasteiger partial charge in [-0.3, -0.25) is 4.79 Å². The number of hydrogen-bond acceptors (Lipinski definition) is 2. The van der Waals surface area contributed by atoms with Gasteiger partial charge in [-0.1, -0.05) is 36.0 Å². The number of hydrogen-bond donors (Lipinski definition) is 1. The number of benzene rings is 1. The summed E-state index contributed by atoms with van der Waals surface area (Å²) in [6, 6.07) is 3.23. The number of anilines is 1. The number of amides is 1. The van der Waals surface area contributed by atoms with Crippen molar-refractivity contribution in [2.45, 2.75) is 38.5 Å². The Morgan fingerprint density at radius 1 is 1.05 bits per heavy atom. The van der Waals surface area contributed by atoms with E-state index >= 15 is 0 Å². The van der Waals surface area contributed by atoms with E-state index in [1.165, 1.54) is 25.7 Å². The number of carbonyl (C=O) groups is 1. The van der Waals surface area contributed by atoms with Crippen molar-refractivity contribution in [1.29, 1.82) is 0 Å². The Hall–Kier alpha value is -0.930. The number of carbonyl (C=O) groups excluding carboxylic acids is 1. The highest BCUT2D eigenvalue weighted by Crippen LogP contribution is 2.46. The van der Waals surface area contributed by atoms with E-state index in [1.807, 2.05) is 4.90 Å². The molecule has 1 aromatic carbocycles. The van der Waals surface area contributed by atoms with Crippen LogP contribution in [-0.4, -0.2) is 23.9 Å². The Balaban J connectivity index is 1.72. The molecular formula is C16H20Cl2N2O. The third kappa shape index (κ3) is 2.86. The van der Waals surface area contributed by atoms with Gasteiger partial charge in [0.15, 0.2) is 0 Å². The van der Waals surface area contributed by atoms with Crippen LogP contribution in [-0.2, 0) is 0 Å². The van der Waals surface area contributed by atoms with Crippen LogP contribution < -0.4 is 5.73 Å². The van der Waals surface area contributed by atoms with E-state index in [1.54, 1.807) is 12.1 Å². The number of nitrogens with two attached hydrogens (primary N) is 1. The van der Waals surface area contributed by atoms with Gasteiger partial charge in [-0.25, -0.2) is 0 Å². The monoisotopic (exact) mass is 326 g/mol. The predicted octanol–water partition coefficient (Wildman–Crippen LogP) is 4.37. The number of nitrogen functional groups attached to an aromatic ring is 1. The molecule has 5 heteroatoms. The topological polar surface area (TPSA) is 46.3 Å². The highest BCUT2D eigenvalue weighted by atomic mass is 35.5. The highest BCUT2D eigenvalue weighted by Gasteiger charge is 2.38. The molecule has 3 nitrogen and oxygen atoms in total. The molecule has 0 atom stereocenters. The lowest BCUT2D eigenvalue weighted by atomic mass is 9.77. The molecule has 1 amide bonds. The molecule has 1 aliphatic carbocycles. The van der Waals surface area contributed by atoms with Crippen LogP contribution in [0.25, 0.3) is 0 Å². The zero-order valence-electron chi connectivity index (χ0n) is 12.0. The Morgan fingerprint density at radius 2 is 1.57 bits per heavy atom. The molecule has 114 valence electrons. The van der Waals surface area contributed by atoms with Crippen molar-refractivity contribution in [3.63, 3.8) is 0 Å². The number of likely N-dealkylation sites (tertiary alicyclic amines) is 1. The van der Waals surface area contributed by atoms with Crippen molar-refractivity contribution in [2.75, 3.05) is 18.8 Å². The van der Waals surface area contributed by atoms with Gasteiger partial charge in [0.1, 0.15) is 0 Å². The normalized spacial score (nSPS) is 21.0. The smallest absolute Gasteiger partial charge is 0.253 e. The first kappa shape index (κ1) is 15.0. The van der Waals surface area contributed by atoms with E-state index in [0.29, 0.717) is 26.7 Å². The van der Waals surface area contributed by atoms with Gasteiger partial charge >= 0.3 is 0 Å². The number of piperidine rings is 1. The minimum atomic E-state index is 0.00615. The molecule has 0 bridgehead atoms. The SMILES string of the molecule is Nc1c(Cl)cc(C(=O)N2CCC3(CCCC3)CC2)cc1Cl. The first-order chi connectivity index (χ1) is 10.0. The average molecular weight is 327 g/mol. The summed E-state index contributed by atoms with van der Waals surface area (Å²) in [5.74, 6) is 0.00615. The number of rotatable bonds is 1. The second-order valence-corrected chi connectivity index (χ2v) is 7.17. The zero-order valence-corrected chi connectivity index (χ0v) is 13.5. The fourth-order valence-corrected chi connectivity index (χ4v) is 4.19. The number of halogens is 2. The van der Waals surface area contributed by atoms with Crippen molar-refractivity contribution >= 4 is 34.8 Å². The number of nitrogens with zero attached hydrogens (tertiary/aromatic N) is 1. The van der Waals surface area contributed by atoms with Crippen LogP contribution in [0.1, 0.15) is 48.9 Å². The van der Waals surface area contributed by atoms with Gasteiger partial charge in [-0.05, 0) is 43.2 Å². The van der Waals surface area contributed by atoms with Gasteiger partial charge in [-0.15, -0.1) is 0 Å². The fraction of sp³-hybridized carbons (Fsp3) is 0.562. The summed E-state index contributed by atoms with van der Waals surface area (Å²) in [4.78, 5) is 14.5. The summed E-state index contributed by atoms with van der Waals surface area (Å²) in [6.45, 7) is 1.66. The van der Waals surface area contributed by atoms with E-state index < -0.39 is 0 Å². The molecule has 3 rings (SSSR count). The van der Waals surface area contributed by atoms with Gasteiger partial charge in [0, 0.05) is 18.7 Å². The fourth-order valence-electron chi connectivity index (χ4n) is 3.70. The highest BCUT2D eigenvalue weighted by molar-refractivity contribution is 6.39. The molecular weight excluding hydrogens is 307 g/mol. The minimum absolute atomic E-state index is 0.00615. The van der Waals surface area contributed by atoms with Gasteiger partial charge in [-0.2, -0.15) is 0 Å². The Labute approximate surface area is 135 Å². The summed E-state index contributed by atoms with van der Waals surface area (Å²) in [7, 11) is 0. The maximum absolute atomic E-state index is 12.6. The maximum Gasteiger partial charge on any atom is 0.253 e. The van der Waals surface area contributed by atoms with E-state index in [9.17, 15) is 4.79 Å². The van der Waals surface area contributed by atoms with Crippen molar-refractivity contribution in [3.05, 3.63) is 27.7 Å². The molecule has 0 unspecified atom stereocenters. The molecule has 0 radical (unpaired) electrons. The van der Waals surface area contributed by atoms with Gasteiger partial charge < -0.3 is 10.6 Å². The van der Waals surface area contributed by atoms with Gasteiger partial charge in [0.25, 0.3) is 5.91 Å². The van der Waals surface area contributed by atoms with Crippen molar-refractivity contribution in [2.24, 2.45) is 5.41 Å². The largest absolute Gasteiger partial charge is 0.396 e. The lowest BCUT2D eigenvalue weighted by Crippen LogP contribution is -2.42. The van der Waals surface area contributed by atoms with Crippen LogP contribution >= 0.6 is 23.2 Å². The second-order valence-electron chi connectivity index (χ2n) is 6.35. The molecule has 1 aliphatic heterocycles. The van der Waals surface area contributed by atoms with Crippen molar-refractivity contribution in [3.8, 4) is 0 Å². The van der Waals surface area contributed by atoms with E-state index in [2.05, 4.69) is 0 Å². The Kier molecular flexibility index (Phi) is 4.06. The van der Waals surface area contributed by atoms with Crippen LogP contribution in [0.5, 0.6) is 0 Å². The predicted molar refractivity (Wildman–Crippen MR) is 86.9 cm³/mol. The molecule has 1 spiro atoms. The van der Waals surface area contributed by atoms with Crippen molar-refractivity contribution < 1.29 is 4.79 Å².